The van der Waals surface area contributed by atoms with Crippen LogP contribution in [-0.2, 0) is 4.79 Å². The Morgan fingerprint density at radius 1 is 1.00 bits per heavy atom. The van der Waals surface area contributed by atoms with Gasteiger partial charge in [0, 0.05) is 19.1 Å². The van der Waals surface area contributed by atoms with E-state index in [1.807, 2.05) is 0 Å². The maximum atomic E-state index is 13.0. The summed E-state index contributed by atoms with van der Waals surface area (Å²) in [5, 5.41) is -0.792. The van der Waals surface area contributed by atoms with Crippen LogP contribution in [0.5, 0.6) is 0 Å². The molecule has 12 heteroatoms. The van der Waals surface area contributed by atoms with Crippen molar-refractivity contribution in [1.29, 1.82) is 0 Å². The minimum atomic E-state index is -6.66. The van der Waals surface area contributed by atoms with Gasteiger partial charge in [-0.05, 0) is 0 Å². The summed E-state index contributed by atoms with van der Waals surface area (Å²) in [6.45, 7) is 0.872. The second-order valence-corrected chi connectivity index (χ2v) is 5.17. The van der Waals surface area contributed by atoms with Gasteiger partial charge in [-0.15, -0.1) is 0 Å². The maximum absolute atomic E-state index is 13.0. The quantitative estimate of drug-likeness (QED) is 0.655. The van der Waals surface area contributed by atoms with Gasteiger partial charge in [-0.3, -0.25) is 4.79 Å². The first kappa shape index (κ1) is 20.3. The molecular weight excluding hydrogens is 346 g/mol. The normalized spacial score (nSPS) is 16.0. The van der Waals surface area contributed by atoms with E-state index in [0.29, 0.717) is 0 Å². The molecule has 1 atom stereocenters. The number of halogens is 10. The van der Waals surface area contributed by atoms with E-state index in [2.05, 4.69) is 0 Å². The van der Waals surface area contributed by atoms with E-state index in [4.69, 9.17) is 0 Å². The fraction of sp³-hybridized carbons (Fsp3) is 0.889. The van der Waals surface area contributed by atoms with Crippen LogP contribution in [0.3, 0.4) is 0 Å². The van der Waals surface area contributed by atoms with Crippen LogP contribution in [0.25, 0.3) is 0 Å². The molecule has 0 aliphatic heterocycles. The van der Waals surface area contributed by atoms with Crippen LogP contribution in [0.1, 0.15) is 13.3 Å². The fourth-order valence-electron chi connectivity index (χ4n) is 1.09. The van der Waals surface area contributed by atoms with Crippen molar-refractivity contribution in [3.63, 3.8) is 0 Å². The monoisotopic (exact) mass is 354 g/mol. The summed E-state index contributed by atoms with van der Waals surface area (Å²) in [6.07, 6.45) is -13.9. The minimum absolute atomic E-state index is 0.0857. The largest absolute Gasteiger partial charge is 0.425 e. The Morgan fingerprint density at radius 3 is 1.76 bits per heavy atom. The van der Waals surface area contributed by atoms with Gasteiger partial charge in [-0.25, -0.2) is 4.39 Å². The van der Waals surface area contributed by atoms with Gasteiger partial charge in [0.2, 0.25) is 0 Å². The van der Waals surface area contributed by atoms with Gasteiger partial charge in [0.15, 0.2) is 5.12 Å². The second kappa shape index (κ2) is 6.21. The van der Waals surface area contributed by atoms with E-state index >= 15 is 0 Å². The molecule has 0 bridgehead atoms. The SMILES string of the molecule is CC(=O)SCCC(F)(F)C(F)(F)C(F)(F)C(F)C(F)(F)F. The molecule has 1 unspecified atom stereocenters. The molecule has 0 radical (unpaired) electrons. The zero-order valence-corrected chi connectivity index (χ0v) is 10.9. The topological polar surface area (TPSA) is 17.1 Å². The molecule has 0 aromatic carbocycles. The summed E-state index contributed by atoms with van der Waals surface area (Å²) < 4.78 is 125. The van der Waals surface area contributed by atoms with Gasteiger partial charge in [0.1, 0.15) is 0 Å². The van der Waals surface area contributed by atoms with Crippen molar-refractivity contribution >= 4 is 16.9 Å². The van der Waals surface area contributed by atoms with Crippen LogP contribution in [0.4, 0.5) is 43.9 Å². The first-order valence-corrected chi connectivity index (χ1v) is 6.03. The average molecular weight is 354 g/mol. The van der Waals surface area contributed by atoms with Crippen molar-refractivity contribution in [2.24, 2.45) is 0 Å². The summed E-state index contributed by atoms with van der Waals surface area (Å²) in [5.74, 6) is -19.9. The molecule has 0 rings (SSSR count). The third-order valence-electron chi connectivity index (χ3n) is 2.21. The van der Waals surface area contributed by atoms with Crippen molar-refractivity contribution in [2.75, 3.05) is 5.75 Å². The van der Waals surface area contributed by atoms with E-state index in [1.165, 1.54) is 0 Å². The van der Waals surface area contributed by atoms with E-state index < -0.39 is 47.4 Å². The smallest absolute Gasteiger partial charge is 0.288 e. The molecule has 0 spiro atoms. The highest BCUT2D eigenvalue weighted by molar-refractivity contribution is 8.13. The Bertz CT molecular complexity index is 377. The molecule has 21 heavy (non-hydrogen) atoms. The van der Waals surface area contributed by atoms with Gasteiger partial charge >= 0.3 is 23.9 Å². The number of hydrogen-bond acceptors (Lipinski definition) is 2. The highest BCUT2D eigenvalue weighted by Crippen LogP contribution is 2.52. The standard InChI is InChI=1S/C9H8F10OS/c1-4(20)21-3-2-6(11,12)9(18,19)7(13,14)5(10)8(15,16)17/h5H,2-3H2,1H3. The van der Waals surface area contributed by atoms with Gasteiger partial charge < -0.3 is 0 Å². The summed E-state index contributed by atoms with van der Waals surface area (Å²) in [6, 6.07) is 0. The van der Waals surface area contributed by atoms with Crippen molar-refractivity contribution in [3.8, 4) is 0 Å². The summed E-state index contributed by atoms with van der Waals surface area (Å²) in [4.78, 5) is 10.4. The number of alkyl halides is 10. The molecule has 0 aromatic heterocycles. The summed E-state index contributed by atoms with van der Waals surface area (Å²) in [7, 11) is 0. The number of thioether (sulfide) groups is 1. The molecule has 1 nitrogen and oxygen atoms in total. The molecular formula is C9H8F10OS. The van der Waals surface area contributed by atoms with Gasteiger partial charge in [-0.1, -0.05) is 11.8 Å². The zero-order chi connectivity index (χ0) is 17.3. The highest BCUT2D eigenvalue weighted by atomic mass is 32.2. The molecule has 126 valence electrons. The third-order valence-corrected chi connectivity index (χ3v) is 3.02. The number of hydrogen-bond donors (Lipinski definition) is 0. The number of carbonyl (C=O) groups excluding carboxylic acids is 1. The molecule has 0 N–H and O–H groups in total. The third kappa shape index (κ3) is 4.39. The van der Waals surface area contributed by atoms with E-state index in [0.717, 1.165) is 6.92 Å². The van der Waals surface area contributed by atoms with E-state index in [9.17, 15) is 48.7 Å². The second-order valence-electron chi connectivity index (χ2n) is 3.90. The summed E-state index contributed by atoms with van der Waals surface area (Å²) >= 11 is 0.0857. The van der Waals surface area contributed by atoms with Crippen LogP contribution in [0, 0.1) is 0 Å². The van der Waals surface area contributed by atoms with Crippen LogP contribution < -0.4 is 0 Å². The lowest BCUT2D eigenvalue weighted by Gasteiger charge is -2.34. The van der Waals surface area contributed by atoms with Crippen molar-refractivity contribution in [1.82, 2.24) is 0 Å². The summed E-state index contributed by atoms with van der Waals surface area (Å²) in [5.41, 5.74) is 0. The van der Waals surface area contributed by atoms with Crippen LogP contribution in [0.15, 0.2) is 0 Å². The average Bonchev–Trinajstić information content (AvgIpc) is 2.25. The molecule has 0 aliphatic rings. The zero-order valence-electron chi connectivity index (χ0n) is 10.1. The van der Waals surface area contributed by atoms with Crippen LogP contribution in [-0.4, -0.2) is 41.0 Å². The lowest BCUT2D eigenvalue weighted by Crippen LogP contribution is -2.61. The van der Waals surface area contributed by atoms with Crippen molar-refractivity contribution < 1.29 is 48.7 Å². The molecule has 0 aromatic rings. The van der Waals surface area contributed by atoms with Crippen LogP contribution in [0.2, 0.25) is 0 Å². The first-order chi connectivity index (χ1) is 9.07. The Labute approximate surface area is 116 Å². The number of rotatable bonds is 6. The van der Waals surface area contributed by atoms with E-state index in [-0.39, 0.29) is 11.8 Å². The van der Waals surface area contributed by atoms with Gasteiger partial charge in [0.05, 0.1) is 0 Å². The minimum Gasteiger partial charge on any atom is -0.288 e. The van der Waals surface area contributed by atoms with E-state index in [1.54, 1.807) is 0 Å². The van der Waals surface area contributed by atoms with Crippen LogP contribution >= 0.6 is 11.8 Å². The highest BCUT2D eigenvalue weighted by Gasteiger charge is 2.78. The Balaban J connectivity index is 5.27. The Morgan fingerprint density at radius 2 is 1.43 bits per heavy atom. The maximum Gasteiger partial charge on any atom is 0.425 e. The molecule has 0 saturated heterocycles. The molecule has 0 aliphatic carbocycles. The number of carbonyl (C=O) groups is 1. The molecule has 0 saturated carbocycles. The predicted octanol–water partition coefficient (Wildman–Crippen LogP) is 4.46. The first-order valence-electron chi connectivity index (χ1n) is 5.05. The molecule has 0 fully saturated rings. The Kier molecular flexibility index (Phi) is 6.01. The predicted molar refractivity (Wildman–Crippen MR) is 53.5 cm³/mol. The fourth-order valence-corrected chi connectivity index (χ4v) is 1.73. The Hall–Kier alpha value is -0.680. The van der Waals surface area contributed by atoms with Gasteiger partial charge in [0.25, 0.3) is 6.17 Å². The van der Waals surface area contributed by atoms with Gasteiger partial charge in [-0.2, -0.15) is 39.5 Å². The molecule has 0 amide bonds. The van der Waals surface area contributed by atoms with Crippen molar-refractivity contribution in [3.05, 3.63) is 0 Å². The van der Waals surface area contributed by atoms with Crippen molar-refractivity contribution in [2.45, 2.75) is 43.5 Å². The lowest BCUT2D eigenvalue weighted by atomic mass is 9.98. The molecule has 0 heterocycles. The lowest BCUT2D eigenvalue weighted by molar-refractivity contribution is -0.356.